The average molecular weight is 635 g/mol. The van der Waals surface area contributed by atoms with Crippen molar-refractivity contribution in [2.24, 2.45) is 16.1 Å². The fourth-order valence-electron chi connectivity index (χ4n) is 5.75. The average Bonchev–Trinajstić information content (AvgIpc) is 3.29. The molecule has 3 rings (SSSR count). The largest absolute Gasteiger partial charge is 0.481 e. The minimum absolute atomic E-state index is 0.132. The number of carbonyl (C=O) groups excluding carboxylic acids is 1. The van der Waals surface area contributed by atoms with Gasteiger partial charge in [-0.3, -0.25) is 14.1 Å². The van der Waals surface area contributed by atoms with Crippen molar-refractivity contribution in [1.29, 1.82) is 5.26 Å². The van der Waals surface area contributed by atoms with Crippen LogP contribution in [0.25, 0.3) is 0 Å². The zero-order chi connectivity index (χ0) is 30.3. The van der Waals surface area contributed by atoms with Gasteiger partial charge in [-0.2, -0.15) is 23.9 Å². The highest BCUT2D eigenvalue weighted by Gasteiger charge is 2.42. The summed E-state index contributed by atoms with van der Waals surface area (Å²) in [7, 11) is -3.99. The topological polar surface area (TPSA) is 190 Å². The molecule has 0 radical (unpaired) electrons. The number of halogens is 2. The molecule has 41 heavy (non-hydrogen) atoms. The number of nitriles is 1. The highest BCUT2D eigenvalue weighted by atomic mass is 35.5. The van der Waals surface area contributed by atoms with Gasteiger partial charge in [0.25, 0.3) is 10.1 Å². The van der Waals surface area contributed by atoms with Gasteiger partial charge in [-0.25, -0.2) is 4.68 Å². The molecular weight excluding hydrogens is 597 g/mol. The Kier molecular flexibility index (Phi) is 11.9. The van der Waals surface area contributed by atoms with Crippen LogP contribution >= 0.6 is 23.2 Å². The zero-order valence-corrected chi connectivity index (χ0v) is 25.4. The first kappa shape index (κ1) is 33.2. The number of hydrogen-bond acceptors (Lipinski definition) is 9. The monoisotopic (exact) mass is 633 g/mol. The minimum atomic E-state index is -3.99. The Morgan fingerprint density at radius 1 is 1.24 bits per heavy atom. The molecule has 5 unspecified atom stereocenters. The van der Waals surface area contributed by atoms with E-state index in [2.05, 4.69) is 31.6 Å². The van der Waals surface area contributed by atoms with E-state index in [9.17, 15) is 28.4 Å². The van der Waals surface area contributed by atoms with Crippen molar-refractivity contribution in [2.75, 3.05) is 18.8 Å². The highest BCUT2D eigenvalue weighted by Crippen LogP contribution is 2.41. The number of aliphatic carboxylic acids is 1. The van der Waals surface area contributed by atoms with Crippen LogP contribution in [0.4, 0.5) is 5.82 Å². The Morgan fingerprint density at radius 3 is 2.49 bits per heavy atom. The van der Waals surface area contributed by atoms with E-state index in [0.29, 0.717) is 32.2 Å². The molecule has 0 spiro atoms. The van der Waals surface area contributed by atoms with Gasteiger partial charge in [-0.15, -0.1) is 28.3 Å². The van der Waals surface area contributed by atoms with E-state index in [-0.39, 0.29) is 54.0 Å². The van der Waals surface area contributed by atoms with E-state index in [0.717, 1.165) is 13.0 Å². The van der Waals surface area contributed by atoms with Gasteiger partial charge < -0.3 is 15.3 Å². The molecule has 2 fully saturated rings. The first-order chi connectivity index (χ1) is 19.3. The van der Waals surface area contributed by atoms with Crippen LogP contribution in [0, 0.1) is 17.2 Å². The van der Waals surface area contributed by atoms with Crippen LogP contribution in [0.1, 0.15) is 70.4 Å². The van der Waals surface area contributed by atoms with Gasteiger partial charge >= 0.3 is 5.97 Å². The van der Waals surface area contributed by atoms with Crippen molar-refractivity contribution < 1.29 is 27.7 Å². The first-order valence-corrected chi connectivity index (χ1v) is 16.2. The first-order valence-electron chi connectivity index (χ1n) is 13.7. The lowest BCUT2D eigenvalue weighted by atomic mass is 9.85. The summed E-state index contributed by atoms with van der Waals surface area (Å²) in [5, 5.41) is 34.0. The molecule has 13 nitrogen and oxygen atoms in total. The summed E-state index contributed by atoms with van der Waals surface area (Å²) in [6.07, 6.45) is 4.69. The molecule has 2 aliphatic rings. The second-order valence-corrected chi connectivity index (χ2v) is 13.3. The summed E-state index contributed by atoms with van der Waals surface area (Å²) in [4.78, 5) is 25.8. The van der Waals surface area contributed by atoms with Crippen LogP contribution in [-0.4, -0.2) is 92.4 Å². The third-order valence-corrected chi connectivity index (χ3v) is 9.45. The summed E-state index contributed by atoms with van der Waals surface area (Å²) in [6, 6.07) is 0.906. The smallest absolute Gasteiger partial charge is 0.306 e. The number of carbonyl (C=O) groups is 2. The number of rotatable bonds is 12. The summed E-state index contributed by atoms with van der Waals surface area (Å²) in [5.74, 6) is -1.94. The Morgan fingerprint density at radius 2 is 1.93 bits per heavy atom. The van der Waals surface area contributed by atoms with E-state index < -0.39 is 38.8 Å². The van der Waals surface area contributed by atoms with Gasteiger partial charge in [0.15, 0.2) is 5.82 Å². The normalized spacial score (nSPS) is 29.0. The number of amides is 1. The van der Waals surface area contributed by atoms with Gasteiger partial charge in [-0.05, 0) is 58.0 Å². The SMILES string of the molecule is CCN(CCCCS(=O)(=O)O)C1CCC(N=Nc2c(C#N)cnn2C2C(Cl)CC(C(=O)O)CC2Cl)C(NC(C)=O)C1. The molecule has 16 heteroatoms. The van der Waals surface area contributed by atoms with Crippen molar-refractivity contribution in [1.82, 2.24) is 20.0 Å². The van der Waals surface area contributed by atoms with Crippen molar-refractivity contribution in [3.05, 3.63) is 11.8 Å². The van der Waals surface area contributed by atoms with E-state index in [1.165, 1.54) is 17.8 Å². The molecule has 5 atom stereocenters. The molecule has 2 aliphatic carbocycles. The van der Waals surface area contributed by atoms with Crippen LogP contribution in [0.2, 0.25) is 0 Å². The Hall–Kier alpha value is -2.31. The molecule has 1 amide bonds. The van der Waals surface area contributed by atoms with E-state index in [1.54, 1.807) is 0 Å². The molecule has 0 aliphatic heterocycles. The molecule has 228 valence electrons. The van der Waals surface area contributed by atoms with Gasteiger partial charge in [0.05, 0.1) is 46.7 Å². The molecule has 0 aromatic carbocycles. The number of hydrogen-bond donors (Lipinski definition) is 3. The number of nitrogens with one attached hydrogen (secondary N) is 1. The third-order valence-electron chi connectivity index (χ3n) is 7.78. The summed E-state index contributed by atoms with van der Waals surface area (Å²) < 4.78 is 32.5. The van der Waals surface area contributed by atoms with Crippen molar-refractivity contribution >= 4 is 51.0 Å². The van der Waals surface area contributed by atoms with Crippen LogP contribution in [-0.2, 0) is 19.7 Å². The van der Waals surface area contributed by atoms with Crippen molar-refractivity contribution in [3.8, 4) is 6.07 Å². The lowest BCUT2D eigenvalue weighted by Gasteiger charge is -2.39. The maximum Gasteiger partial charge on any atom is 0.306 e. The van der Waals surface area contributed by atoms with E-state index >= 15 is 0 Å². The van der Waals surface area contributed by atoms with E-state index in [4.69, 9.17) is 27.8 Å². The van der Waals surface area contributed by atoms with Crippen molar-refractivity contribution in [3.63, 3.8) is 0 Å². The van der Waals surface area contributed by atoms with Crippen LogP contribution in [0.5, 0.6) is 0 Å². The molecule has 0 saturated heterocycles. The molecule has 1 aromatic heterocycles. The van der Waals surface area contributed by atoms with E-state index in [1.807, 2.05) is 6.92 Å². The maximum absolute atomic E-state index is 12.0. The Bertz CT molecular complexity index is 1240. The molecular formula is C25H37Cl2N7O6S. The predicted molar refractivity (Wildman–Crippen MR) is 152 cm³/mol. The highest BCUT2D eigenvalue weighted by molar-refractivity contribution is 7.85. The number of azo groups is 1. The molecule has 3 N–H and O–H groups in total. The van der Waals surface area contributed by atoms with Crippen LogP contribution in [0.15, 0.2) is 16.4 Å². The standard InChI is InChI=1S/C25H37Cl2N7O6S/c1-3-33(8-4-5-9-41(38,39)40)18-6-7-21(22(12-18)30-15(2)35)31-32-24-17(13-28)14-29-34(24)23-19(26)10-16(25(36)37)11-20(23)27/h14,16,18-23H,3-12H2,1-2H3,(H,30,35)(H,36,37)(H,38,39,40). The summed E-state index contributed by atoms with van der Waals surface area (Å²) >= 11 is 13.1. The summed E-state index contributed by atoms with van der Waals surface area (Å²) in [5.41, 5.74) is 0.175. The molecule has 1 aromatic rings. The van der Waals surface area contributed by atoms with Crippen molar-refractivity contribution in [2.45, 2.75) is 93.7 Å². The minimum Gasteiger partial charge on any atom is -0.481 e. The zero-order valence-electron chi connectivity index (χ0n) is 23.1. The summed E-state index contributed by atoms with van der Waals surface area (Å²) in [6.45, 7) is 4.85. The quantitative estimate of drug-likeness (QED) is 0.134. The predicted octanol–water partition coefficient (Wildman–Crippen LogP) is 3.50. The number of aromatic nitrogens is 2. The fraction of sp³-hybridized carbons (Fsp3) is 0.760. The maximum atomic E-state index is 12.0. The molecule has 0 bridgehead atoms. The van der Waals surface area contributed by atoms with Gasteiger partial charge in [0, 0.05) is 13.0 Å². The van der Waals surface area contributed by atoms with Gasteiger partial charge in [0.1, 0.15) is 11.6 Å². The fourth-order valence-corrected chi connectivity index (χ4v) is 7.39. The van der Waals surface area contributed by atoms with Gasteiger partial charge in [0.2, 0.25) is 5.91 Å². The van der Waals surface area contributed by atoms with Crippen LogP contribution < -0.4 is 5.32 Å². The molecule has 2 saturated carbocycles. The van der Waals surface area contributed by atoms with Gasteiger partial charge in [-0.1, -0.05) is 6.92 Å². The number of alkyl halides is 2. The number of carboxylic acid groups (broad SMARTS) is 1. The number of carboxylic acids is 1. The van der Waals surface area contributed by atoms with Crippen LogP contribution in [0.3, 0.4) is 0 Å². The Balaban J connectivity index is 1.76. The second-order valence-electron chi connectivity index (χ2n) is 10.6. The lowest BCUT2D eigenvalue weighted by molar-refractivity contribution is -0.142. The Labute approximate surface area is 250 Å². The lowest BCUT2D eigenvalue weighted by Crippen LogP contribution is -2.51. The third kappa shape index (κ3) is 9.09. The molecule has 1 heterocycles. The second kappa shape index (κ2) is 14.7. The number of unbranched alkanes of at least 4 members (excludes halogenated alkanes) is 1. The number of nitrogens with zero attached hydrogens (tertiary/aromatic N) is 6.